The molecule has 0 aliphatic rings. The molecule has 0 fully saturated rings. The zero-order valence-electron chi connectivity index (χ0n) is 24.3. The second-order valence-electron chi connectivity index (χ2n) is 10.6. The third-order valence-electron chi connectivity index (χ3n) is 7.84. The average Bonchev–Trinajstić information content (AvgIpc) is 3.45. The number of nitrogens with zero attached hydrogens (tertiary/aromatic N) is 6. The molecule has 214 valence electrons. The largest absolute Gasteiger partial charge is 0.279 e. The van der Waals surface area contributed by atoms with E-state index in [-0.39, 0.29) is 0 Å². The zero-order chi connectivity index (χ0) is 30.0. The summed E-state index contributed by atoms with van der Waals surface area (Å²) in [4.78, 5) is 19.9. The standard InChI is InChI=1S/C39H28N6/c1-5-17-29(18-6-1)43(30-19-7-2-8-20-30)37-40-38(44(31-21-9-3-10-22-31)32-23-11-4-12-24-32)42-39(41-37)45-35-27-15-13-25-33(35)34-26-14-16-28-36(34)45/h1-28H. The summed E-state index contributed by atoms with van der Waals surface area (Å²) in [6, 6.07) is 57.7. The molecule has 0 radical (unpaired) electrons. The lowest BCUT2D eigenvalue weighted by Gasteiger charge is -2.27. The highest BCUT2D eigenvalue weighted by atomic mass is 15.4. The van der Waals surface area contributed by atoms with Crippen molar-refractivity contribution in [2.45, 2.75) is 0 Å². The molecule has 0 bridgehead atoms. The smallest absolute Gasteiger partial charge is 0.241 e. The summed E-state index contributed by atoms with van der Waals surface area (Å²) in [6.45, 7) is 0. The summed E-state index contributed by atoms with van der Waals surface area (Å²) < 4.78 is 2.14. The van der Waals surface area contributed by atoms with Crippen molar-refractivity contribution in [1.29, 1.82) is 0 Å². The minimum absolute atomic E-state index is 0.506. The van der Waals surface area contributed by atoms with Crippen LogP contribution in [0.4, 0.5) is 34.6 Å². The molecule has 0 N–H and O–H groups in total. The maximum absolute atomic E-state index is 5.24. The number of hydrogen-bond acceptors (Lipinski definition) is 5. The molecular formula is C39H28N6. The van der Waals surface area contributed by atoms with Crippen LogP contribution in [0, 0.1) is 0 Å². The summed E-state index contributed by atoms with van der Waals surface area (Å²) in [5.41, 5.74) is 5.83. The normalized spacial score (nSPS) is 11.1. The van der Waals surface area contributed by atoms with Gasteiger partial charge in [0.05, 0.1) is 11.0 Å². The van der Waals surface area contributed by atoms with Gasteiger partial charge in [0.15, 0.2) is 0 Å². The number of aromatic nitrogens is 4. The Morgan fingerprint density at radius 2 is 0.644 bits per heavy atom. The quantitative estimate of drug-likeness (QED) is 0.188. The van der Waals surface area contributed by atoms with E-state index in [1.54, 1.807) is 0 Å². The Labute approximate surface area is 261 Å². The van der Waals surface area contributed by atoms with Gasteiger partial charge < -0.3 is 0 Å². The Bertz CT molecular complexity index is 1980. The first-order valence-electron chi connectivity index (χ1n) is 14.9. The zero-order valence-corrected chi connectivity index (χ0v) is 24.3. The minimum Gasteiger partial charge on any atom is -0.279 e. The van der Waals surface area contributed by atoms with Gasteiger partial charge in [-0.1, -0.05) is 109 Å². The van der Waals surface area contributed by atoms with Crippen LogP contribution in [0.1, 0.15) is 0 Å². The van der Waals surface area contributed by atoms with Crippen molar-refractivity contribution < 1.29 is 0 Å². The average molecular weight is 581 g/mol. The molecule has 6 nitrogen and oxygen atoms in total. The molecule has 6 heteroatoms. The third kappa shape index (κ3) is 4.84. The van der Waals surface area contributed by atoms with Crippen LogP contribution in [0.3, 0.4) is 0 Å². The number of fused-ring (bicyclic) bond motifs is 3. The summed E-state index contributed by atoms with van der Waals surface area (Å²) >= 11 is 0. The first-order valence-corrected chi connectivity index (χ1v) is 14.9. The van der Waals surface area contributed by atoms with E-state index in [9.17, 15) is 0 Å². The van der Waals surface area contributed by atoms with Crippen LogP contribution in [0.15, 0.2) is 170 Å². The SMILES string of the molecule is c1ccc(N(c2ccccc2)c2nc(N(c3ccccc3)c3ccccc3)nc(-n3c4ccccc4c4ccccc43)n2)cc1. The van der Waals surface area contributed by atoms with E-state index in [0.717, 1.165) is 44.6 Å². The molecule has 0 aliphatic carbocycles. The number of benzene rings is 6. The fourth-order valence-corrected chi connectivity index (χ4v) is 5.85. The van der Waals surface area contributed by atoms with Crippen molar-refractivity contribution >= 4 is 56.5 Å². The second kappa shape index (κ2) is 11.4. The highest BCUT2D eigenvalue weighted by Crippen LogP contribution is 2.38. The number of anilines is 6. The second-order valence-corrected chi connectivity index (χ2v) is 10.6. The predicted octanol–water partition coefficient (Wildman–Crippen LogP) is 9.91. The highest BCUT2D eigenvalue weighted by Gasteiger charge is 2.24. The first kappa shape index (κ1) is 26.4. The molecule has 6 aromatic carbocycles. The van der Waals surface area contributed by atoms with Gasteiger partial charge in [-0.25, -0.2) is 0 Å². The molecular weight excluding hydrogens is 552 g/mol. The molecule has 0 saturated heterocycles. The Hall–Kier alpha value is -6.27. The van der Waals surface area contributed by atoms with Gasteiger partial charge in [0.1, 0.15) is 0 Å². The maximum Gasteiger partial charge on any atom is 0.241 e. The Kier molecular flexibility index (Phi) is 6.70. The summed E-state index contributed by atoms with van der Waals surface area (Å²) in [7, 11) is 0. The lowest BCUT2D eigenvalue weighted by Crippen LogP contribution is -2.20. The van der Waals surface area contributed by atoms with E-state index in [4.69, 9.17) is 15.0 Å². The Balaban J connectivity index is 1.46. The van der Waals surface area contributed by atoms with Gasteiger partial charge in [-0.05, 0) is 60.7 Å². The van der Waals surface area contributed by atoms with Crippen LogP contribution in [0.5, 0.6) is 0 Å². The van der Waals surface area contributed by atoms with Crippen LogP contribution < -0.4 is 9.80 Å². The van der Waals surface area contributed by atoms with Crippen molar-refractivity contribution in [2.24, 2.45) is 0 Å². The lowest BCUT2D eigenvalue weighted by molar-refractivity contribution is 0.915. The van der Waals surface area contributed by atoms with E-state index in [0.29, 0.717) is 17.8 Å². The fourth-order valence-electron chi connectivity index (χ4n) is 5.85. The van der Waals surface area contributed by atoms with E-state index in [2.05, 4.69) is 111 Å². The van der Waals surface area contributed by atoms with Gasteiger partial charge in [0, 0.05) is 33.5 Å². The van der Waals surface area contributed by atoms with Gasteiger partial charge in [0.25, 0.3) is 0 Å². The minimum atomic E-state index is 0.506. The van der Waals surface area contributed by atoms with Crippen molar-refractivity contribution in [3.63, 3.8) is 0 Å². The van der Waals surface area contributed by atoms with E-state index in [1.165, 1.54) is 0 Å². The van der Waals surface area contributed by atoms with Crippen LogP contribution in [0.2, 0.25) is 0 Å². The first-order chi connectivity index (χ1) is 22.3. The van der Waals surface area contributed by atoms with Crippen LogP contribution >= 0.6 is 0 Å². The Morgan fingerprint density at radius 1 is 0.333 bits per heavy atom. The lowest BCUT2D eigenvalue weighted by atomic mass is 10.2. The molecule has 8 aromatic rings. The molecule has 2 aromatic heterocycles. The van der Waals surface area contributed by atoms with Gasteiger partial charge in [-0.3, -0.25) is 14.4 Å². The molecule has 0 amide bonds. The molecule has 0 spiro atoms. The molecule has 45 heavy (non-hydrogen) atoms. The van der Waals surface area contributed by atoms with Gasteiger partial charge in [0.2, 0.25) is 17.8 Å². The maximum atomic E-state index is 5.24. The molecule has 0 unspecified atom stereocenters. The number of para-hydroxylation sites is 6. The van der Waals surface area contributed by atoms with Gasteiger partial charge in [-0.15, -0.1) is 0 Å². The van der Waals surface area contributed by atoms with Crippen molar-refractivity contribution in [1.82, 2.24) is 19.5 Å². The number of rotatable bonds is 7. The van der Waals surface area contributed by atoms with Crippen LogP contribution in [-0.4, -0.2) is 19.5 Å². The fraction of sp³-hybridized carbons (Fsp3) is 0. The summed E-state index contributed by atoms with van der Waals surface area (Å²) in [6.07, 6.45) is 0. The monoisotopic (exact) mass is 580 g/mol. The van der Waals surface area contributed by atoms with Crippen molar-refractivity contribution in [3.8, 4) is 5.95 Å². The van der Waals surface area contributed by atoms with E-state index < -0.39 is 0 Å². The Morgan fingerprint density at radius 3 is 1.00 bits per heavy atom. The highest BCUT2D eigenvalue weighted by molar-refractivity contribution is 6.09. The predicted molar refractivity (Wildman–Crippen MR) is 184 cm³/mol. The van der Waals surface area contributed by atoms with Gasteiger partial charge in [-0.2, -0.15) is 15.0 Å². The molecule has 0 saturated carbocycles. The van der Waals surface area contributed by atoms with E-state index >= 15 is 0 Å². The van der Waals surface area contributed by atoms with E-state index in [1.807, 2.05) is 72.8 Å². The topological polar surface area (TPSA) is 50.1 Å². The van der Waals surface area contributed by atoms with Crippen LogP contribution in [0.25, 0.3) is 27.8 Å². The third-order valence-corrected chi connectivity index (χ3v) is 7.84. The van der Waals surface area contributed by atoms with Gasteiger partial charge >= 0.3 is 0 Å². The molecule has 0 atom stereocenters. The summed E-state index contributed by atoms with van der Waals surface area (Å²) in [5, 5.41) is 2.28. The molecule has 2 heterocycles. The molecule has 0 aliphatic heterocycles. The summed E-state index contributed by atoms with van der Waals surface area (Å²) in [5.74, 6) is 1.54. The van der Waals surface area contributed by atoms with Crippen molar-refractivity contribution in [2.75, 3.05) is 9.80 Å². The van der Waals surface area contributed by atoms with Crippen molar-refractivity contribution in [3.05, 3.63) is 170 Å². The molecule has 8 rings (SSSR count). The number of hydrogen-bond donors (Lipinski definition) is 0. The van der Waals surface area contributed by atoms with Crippen LogP contribution in [-0.2, 0) is 0 Å².